The lowest BCUT2D eigenvalue weighted by Gasteiger charge is -2.20. The van der Waals surface area contributed by atoms with E-state index in [2.05, 4.69) is 10.3 Å². The molecule has 0 saturated carbocycles. The molecule has 1 aliphatic heterocycles. The fourth-order valence-corrected chi connectivity index (χ4v) is 4.16. The lowest BCUT2D eigenvalue weighted by atomic mass is 9.87. The SMILES string of the molecule is CCOC(=O)c1c[nH]c(=O)c([C@H](CC(=O)NCc2ccc(OC)cc2)c2cc(OC)c3c(c2)OCO3)c1O. The maximum absolute atomic E-state index is 13.1. The largest absolute Gasteiger partial charge is 0.506 e. The minimum atomic E-state index is -0.979. The predicted molar refractivity (Wildman–Crippen MR) is 135 cm³/mol. The number of hydrogen-bond donors (Lipinski definition) is 3. The van der Waals surface area contributed by atoms with Gasteiger partial charge in [-0.1, -0.05) is 12.1 Å². The van der Waals surface area contributed by atoms with Crippen molar-refractivity contribution >= 4 is 11.9 Å². The number of esters is 1. The molecule has 200 valence electrons. The standard InChI is InChI=1S/C27H28N2O9/c1-4-36-27(33)19-13-29-26(32)23(24(19)31)18(16-9-20(35-3)25-21(10-16)37-14-38-25)11-22(30)28-12-15-5-7-17(34-2)8-6-15/h5-10,13,18H,4,11-12,14H2,1-3H3,(H,28,30)(H2,29,31,32)/t18-/m1/s1. The number of rotatable bonds is 10. The van der Waals surface area contributed by atoms with E-state index in [0.717, 1.165) is 11.8 Å². The highest BCUT2D eigenvalue weighted by atomic mass is 16.7. The van der Waals surface area contributed by atoms with Gasteiger partial charge in [-0.2, -0.15) is 0 Å². The molecule has 11 heteroatoms. The summed E-state index contributed by atoms with van der Waals surface area (Å²) in [6.45, 7) is 1.90. The Morgan fingerprint density at radius 3 is 2.58 bits per heavy atom. The van der Waals surface area contributed by atoms with Crippen molar-refractivity contribution < 1.29 is 38.4 Å². The molecule has 0 saturated heterocycles. The summed E-state index contributed by atoms with van der Waals surface area (Å²) in [6, 6.07) is 10.4. The van der Waals surface area contributed by atoms with Crippen LogP contribution in [0.4, 0.5) is 0 Å². The normalized spacial score (nSPS) is 12.5. The Morgan fingerprint density at radius 2 is 1.89 bits per heavy atom. The molecule has 1 atom stereocenters. The van der Waals surface area contributed by atoms with Crippen LogP contribution in [-0.2, 0) is 16.1 Å². The number of aromatic amines is 1. The number of nitrogens with one attached hydrogen (secondary N) is 2. The molecule has 0 bridgehead atoms. The van der Waals surface area contributed by atoms with Crippen molar-refractivity contribution in [3.8, 4) is 28.7 Å². The Bertz CT molecular complexity index is 1380. The van der Waals surface area contributed by atoms with Gasteiger partial charge in [-0.3, -0.25) is 9.59 Å². The highest BCUT2D eigenvalue weighted by Crippen LogP contribution is 2.45. The fraction of sp³-hybridized carbons (Fsp3) is 0.296. The number of aromatic hydroxyl groups is 1. The van der Waals surface area contributed by atoms with Crippen molar-refractivity contribution in [1.82, 2.24) is 10.3 Å². The summed E-state index contributed by atoms with van der Waals surface area (Å²) in [5, 5.41) is 13.9. The van der Waals surface area contributed by atoms with E-state index in [-0.39, 0.29) is 37.5 Å². The average Bonchev–Trinajstić information content (AvgIpc) is 3.40. The summed E-state index contributed by atoms with van der Waals surface area (Å²) in [4.78, 5) is 41.0. The van der Waals surface area contributed by atoms with E-state index < -0.39 is 29.1 Å². The Balaban J connectivity index is 1.71. The van der Waals surface area contributed by atoms with Crippen molar-refractivity contribution in [1.29, 1.82) is 0 Å². The van der Waals surface area contributed by atoms with Crippen molar-refractivity contribution in [2.45, 2.75) is 25.8 Å². The molecule has 1 amide bonds. The molecule has 2 aromatic carbocycles. The molecule has 1 aliphatic rings. The van der Waals surface area contributed by atoms with Gasteiger partial charge in [0.15, 0.2) is 11.5 Å². The van der Waals surface area contributed by atoms with Crippen LogP contribution in [0.5, 0.6) is 28.7 Å². The Hall–Kier alpha value is -4.67. The number of pyridine rings is 1. The van der Waals surface area contributed by atoms with Crippen molar-refractivity contribution in [3.05, 3.63) is 75.2 Å². The highest BCUT2D eigenvalue weighted by Gasteiger charge is 2.31. The zero-order valence-corrected chi connectivity index (χ0v) is 21.2. The second kappa shape index (κ2) is 11.6. The second-order valence-electron chi connectivity index (χ2n) is 8.35. The van der Waals surface area contributed by atoms with Gasteiger partial charge in [-0.05, 0) is 42.3 Å². The van der Waals surface area contributed by atoms with Gasteiger partial charge in [0.1, 0.15) is 17.1 Å². The van der Waals surface area contributed by atoms with E-state index in [1.165, 1.54) is 7.11 Å². The molecule has 0 fully saturated rings. The smallest absolute Gasteiger partial charge is 0.343 e. The number of fused-ring (bicyclic) bond motifs is 1. The van der Waals surface area contributed by atoms with Gasteiger partial charge in [-0.25, -0.2) is 4.79 Å². The quantitative estimate of drug-likeness (QED) is 0.341. The summed E-state index contributed by atoms with van der Waals surface area (Å²) in [7, 11) is 3.01. The van der Waals surface area contributed by atoms with Gasteiger partial charge in [0.2, 0.25) is 18.4 Å². The first kappa shape index (κ1) is 26.4. The molecule has 0 unspecified atom stereocenters. The second-order valence-corrected chi connectivity index (χ2v) is 8.35. The van der Waals surface area contributed by atoms with E-state index >= 15 is 0 Å². The maximum Gasteiger partial charge on any atom is 0.343 e. The Labute approximate surface area is 218 Å². The first-order valence-electron chi connectivity index (χ1n) is 11.8. The number of benzene rings is 2. The predicted octanol–water partition coefficient (Wildman–Crippen LogP) is 2.84. The van der Waals surface area contributed by atoms with Crippen LogP contribution in [0, 0.1) is 0 Å². The van der Waals surface area contributed by atoms with Crippen LogP contribution in [0.15, 0.2) is 47.4 Å². The average molecular weight is 525 g/mol. The van der Waals surface area contributed by atoms with Gasteiger partial charge >= 0.3 is 5.97 Å². The zero-order chi connectivity index (χ0) is 27.2. The molecular weight excluding hydrogens is 496 g/mol. The molecule has 4 rings (SSSR count). The number of hydrogen-bond acceptors (Lipinski definition) is 9. The molecule has 11 nitrogen and oxygen atoms in total. The lowest BCUT2D eigenvalue weighted by Crippen LogP contribution is -2.27. The summed E-state index contributed by atoms with van der Waals surface area (Å²) in [5.74, 6) is -0.998. The van der Waals surface area contributed by atoms with Gasteiger partial charge in [0.05, 0.1) is 26.4 Å². The van der Waals surface area contributed by atoms with Gasteiger partial charge in [0, 0.05) is 25.1 Å². The first-order valence-corrected chi connectivity index (χ1v) is 11.8. The van der Waals surface area contributed by atoms with Gasteiger partial charge < -0.3 is 39.1 Å². The fourth-order valence-electron chi connectivity index (χ4n) is 4.16. The number of ether oxygens (including phenoxy) is 5. The summed E-state index contributed by atoms with van der Waals surface area (Å²) < 4.78 is 26.6. The van der Waals surface area contributed by atoms with E-state index in [4.69, 9.17) is 23.7 Å². The van der Waals surface area contributed by atoms with Crippen LogP contribution in [-0.4, -0.2) is 49.6 Å². The number of carbonyl (C=O) groups excluding carboxylic acids is 2. The van der Waals surface area contributed by atoms with E-state index in [1.54, 1.807) is 38.3 Å². The number of H-pyrrole nitrogens is 1. The van der Waals surface area contributed by atoms with Crippen LogP contribution >= 0.6 is 0 Å². The molecule has 2 heterocycles. The molecule has 3 N–H and O–H groups in total. The van der Waals surface area contributed by atoms with Gasteiger partial charge in [0.25, 0.3) is 5.56 Å². The minimum absolute atomic E-state index is 0.0215. The molecule has 1 aromatic heterocycles. The minimum Gasteiger partial charge on any atom is -0.506 e. The Morgan fingerprint density at radius 1 is 1.13 bits per heavy atom. The third-order valence-corrected chi connectivity index (χ3v) is 6.07. The topological polar surface area (TPSA) is 145 Å². The summed E-state index contributed by atoms with van der Waals surface area (Å²) in [5.41, 5.74) is 0.215. The molecule has 3 aromatic rings. The molecule has 0 spiro atoms. The molecular formula is C27H28N2O9. The van der Waals surface area contributed by atoms with Crippen LogP contribution < -0.4 is 29.8 Å². The zero-order valence-electron chi connectivity index (χ0n) is 21.2. The third kappa shape index (κ3) is 5.51. The van der Waals surface area contributed by atoms with Crippen LogP contribution in [0.3, 0.4) is 0 Å². The monoisotopic (exact) mass is 524 g/mol. The van der Waals surface area contributed by atoms with Crippen LogP contribution in [0.2, 0.25) is 0 Å². The summed E-state index contributed by atoms with van der Waals surface area (Å²) >= 11 is 0. The van der Waals surface area contributed by atoms with Gasteiger partial charge in [-0.15, -0.1) is 0 Å². The Kier molecular flexibility index (Phi) is 8.05. The van der Waals surface area contributed by atoms with Crippen LogP contribution in [0.1, 0.15) is 46.3 Å². The van der Waals surface area contributed by atoms with Crippen molar-refractivity contribution in [2.24, 2.45) is 0 Å². The van der Waals surface area contributed by atoms with Crippen molar-refractivity contribution in [2.75, 3.05) is 27.6 Å². The lowest BCUT2D eigenvalue weighted by molar-refractivity contribution is -0.121. The molecule has 0 aliphatic carbocycles. The highest BCUT2D eigenvalue weighted by molar-refractivity contribution is 5.92. The molecule has 0 radical (unpaired) electrons. The van der Waals surface area contributed by atoms with E-state index in [1.807, 2.05) is 12.1 Å². The summed E-state index contributed by atoms with van der Waals surface area (Å²) in [6.07, 6.45) is 0.849. The number of carbonyl (C=O) groups is 2. The number of amides is 1. The van der Waals surface area contributed by atoms with E-state index in [0.29, 0.717) is 28.6 Å². The molecule has 38 heavy (non-hydrogen) atoms. The van der Waals surface area contributed by atoms with Crippen molar-refractivity contribution in [3.63, 3.8) is 0 Å². The first-order chi connectivity index (χ1) is 18.4. The maximum atomic E-state index is 13.1. The number of aromatic nitrogens is 1. The third-order valence-electron chi connectivity index (χ3n) is 6.07. The van der Waals surface area contributed by atoms with E-state index in [9.17, 15) is 19.5 Å². The van der Waals surface area contributed by atoms with Crippen LogP contribution in [0.25, 0.3) is 0 Å². The number of methoxy groups -OCH3 is 2.